The summed E-state index contributed by atoms with van der Waals surface area (Å²) in [5.41, 5.74) is 1.65. The van der Waals surface area contributed by atoms with Crippen molar-refractivity contribution in [1.29, 1.82) is 5.26 Å². The largest absolute Gasteiger partial charge is 0.449 e. The highest BCUT2D eigenvalue weighted by atomic mass is 16.5. The monoisotopic (exact) mass is 379 g/mol. The Hall–Kier alpha value is -3.66. The molecule has 2 atom stereocenters. The van der Waals surface area contributed by atoms with E-state index in [4.69, 9.17) is 10.00 Å². The average Bonchev–Trinajstić information content (AvgIpc) is 2.69. The van der Waals surface area contributed by atoms with Gasteiger partial charge in [0.25, 0.3) is 5.91 Å². The fourth-order valence-corrected chi connectivity index (χ4v) is 2.40. The van der Waals surface area contributed by atoms with Crippen molar-refractivity contribution >= 4 is 23.5 Å². The van der Waals surface area contributed by atoms with E-state index in [2.05, 4.69) is 10.6 Å². The first-order valence-corrected chi connectivity index (χ1v) is 8.74. The lowest BCUT2D eigenvalue weighted by atomic mass is 10.1. The fourth-order valence-electron chi connectivity index (χ4n) is 2.40. The van der Waals surface area contributed by atoms with Gasteiger partial charge in [0.2, 0.25) is 5.91 Å². The van der Waals surface area contributed by atoms with Gasteiger partial charge in [-0.3, -0.25) is 9.59 Å². The Morgan fingerprint density at radius 1 is 1.04 bits per heavy atom. The molecule has 0 radical (unpaired) electrons. The van der Waals surface area contributed by atoms with Crippen LogP contribution in [0.4, 0.5) is 5.69 Å². The molecule has 0 aliphatic carbocycles. The minimum Gasteiger partial charge on any atom is -0.449 e. The van der Waals surface area contributed by atoms with E-state index >= 15 is 0 Å². The van der Waals surface area contributed by atoms with Gasteiger partial charge < -0.3 is 15.4 Å². The number of nitriles is 1. The molecule has 2 aromatic carbocycles. The van der Waals surface area contributed by atoms with Crippen LogP contribution < -0.4 is 10.6 Å². The highest BCUT2D eigenvalue weighted by molar-refractivity contribution is 5.94. The SMILES string of the molecule is C[C@H](NC(=O)[C@@H](C)OC(=O)c1ccc(NC(=O)CC#N)cc1)c1ccccc1. The molecule has 28 heavy (non-hydrogen) atoms. The lowest BCUT2D eigenvalue weighted by Gasteiger charge is -2.18. The van der Waals surface area contributed by atoms with Gasteiger partial charge in [0.15, 0.2) is 6.10 Å². The molecule has 2 amide bonds. The minimum absolute atomic E-state index is 0.217. The molecule has 0 unspecified atom stereocenters. The first kappa shape index (κ1) is 20.6. The second kappa shape index (κ2) is 9.88. The van der Waals surface area contributed by atoms with Crippen LogP contribution in [0.5, 0.6) is 0 Å². The van der Waals surface area contributed by atoms with Crippen molar-refractivity contribution in [3.8, 4) is 6.07 Å². The number of carbonyl (C=O) groups is 3. The normalized spacial score (nSPS) is 12.2. The summed E-state index contributed by atoms with van der Waals surface area (Å²) in [6.45, 7) is 3.35. The van der Waals surface area contributed by atoms with Gasteiger partial charge in [0.05, 0.1) is 17.7 Å². The van der Waals surface area contributed by atoms with E-state index in [1.165, 1.54) is 31.2 Å². The summed E-state index contributed by atoms with van der Waals surface area (Å²) in [7, 11) is 0. The smallest absolute Gasteiger partial charge is 0.338 e. The van der Waals surface area contributed by atoms with Gasteiger partial charge in [-0.15, -0.1) is 0 Å². The van der Waals surface area contributed by atoms with Crippen LogP contribution in [-0.2, 0) is 14.3 Å². The van der Waals surface area contributed by atoms with E-state index in [1.807, 2.05) is 37.3 Å². The first-order valence-electron chi connectivity index (χ1n) is 8.74. The van der Waals surface area contributed by atoms with Crippen molar-refractivity contribution in [1.82, 2.24) is 5.32 Å². The van der Waals surface area contributed by atoms with Crippen molar-refractivity contribution in [3.05, 3.63) is 65.7 Å². The number of ether oxygens (including phenoxy) is 1. The van der Waals surface area contributed by atoms with Crippen LogP contribution >= 0.6 is 0 Å². The Morgan fingerprint density at radius 3 is 2.29 bits per heavy atom. The second-order valence-corrected chi connectivity index (χ2v) is 6.15. The van der Waals surface area contributed by atoms with Crippen LogP contribution in [-0.4, -0.2) is 23.9 Å². The molecule has 0 fully saturated rings. The molecule has 0 spiro atoms. The molecule has 0 aliphatic heterocycles. The summed E-state index contributed by atoms with van der Waals surface area (Å²) >= 11 is 0. The molecular weight excluding hydrogens is 358 g/mol. The molecule has 2 rings (SSSR count). The number of hydrogen-bond donors (Lipinski definition) is 2. The third-order valence-corrected chi connectivity index (χ3v) is 3.96. The molecule has 2 N–H and O–H groups in total. The summed E-state index contributed by atoms with van der Waals surface area (Å²) in [4.78, 5) is 35.9. The Kier molecular flexibility index (Phi) is 7.28. The topological polar surface area (TPSA) is 108 Å². The Balaban J connectivity index is 1.90. The molecule has 0 saturated carbocycles. The van der Waals surface area contributed by atoms with E-state index < -0.39 is 23.9 Å². The molecule has 0 heterocycles. The van der Waals surface area contributed by atoms with E-state index in [1.54, 1.807) is 6.07 Å². The highest BCUT2D eigenvalue weighted by Gasteiger charge is 2.20. The molecular formula is C21H21N3O4. The minimum atomic E-state index is -0.964. The van der Waals surface area contributed by atoms with Crippen molar-refractivity contribution in [2.75, 3.05) is 5.32 Å². The van der Waals surface area contributed by atoms with E-state index in [-0.39, 0.29) is 18.0 Å². The summed E-state index contributed by atoms with van der Waals surface area (Å²) in [6, 6.07) is 17.0. The van der Waals surface area contributed by atoms with Crippen LogP contribution in [0, 0.1) is 11.3 Å². The molecule has 0 aromatic heterocycles. The van der Waals surface area contributed by atoms with Crippen LogP contribution in [0.2, 0.25) is 0 Å². The van der Waals surface area contributed by atoms with Gasteiger partial charge in [0, 0.05) is 5.69 Å². The van der Waals surface area contributed by atoms with Gasteiger partial charge in [-0.1, -0.05) is 30.3 Å². The number of nitrogens with zero attached hydrogens (tertiary/aromatic N) is 1. The number of carbonyl (C=O) groups excluding carboxylic acids is 3. The zero-order chi connectivity index (χ0) is 20.5. The number of benzene rings is 2. The Labute approximate surface area is 163 Å². The van der Waals surface area contributed by atoms with Crippen LogP contribution in [0.1, 0.15) is 42.2 Å². The second-order valence-electron chi connectivity index (χ2n) is 6.15. The van der Waals surface area contributed by atoms with Gasteiger partial charge in [-0.05, 0) is 43.7 Å². The zero-order valence-electron chi connectivity index (χ0n) is 15.6. The lowest BCUT2D eigenvalue weighted by Crippen LogP contribution is -2.37. The maximum atomic E-state index is 12.3. The third kappa shape index (κ3) is 5.95. The summed E-state index contributed by atoms with van der Waals surface area (Å²) in [6.07, 6.45) is -1.22. The summed E-state index contributed by atoms with van der Waals surface area (Å²) < 4.78 is 5.21. The quantitative estimate of drug-likeness (QED) is 0.719. The number of esters is 1. The molecule has 144 valence electrons. The van der Waals surface area contributed by atoms with Crippen molar-refractivity contribution in [2.45, 2.75) is 32.4 Å². The Bertz CT molecular complexity index is 873. The zero-order valence-corrected chi connectivity index (χ0v) is 15.6. The van der Waals surface area contributed by atoms with Gasteiger partial charge in [-0.2, -0.15) is 5.26 Å². The lowest BCUT2D eigenvalue weighted by molar-refractivity contribution is -0.129. The van der Waals surface area contributed by atoms with Crippen LogP contribution in [0.15, 0.2) is 54.6 Å². The van der Waals surface area contributed by atoms with E-state index in [9.17, 15) is 14.4 Å². The van der Waals surface area contributed by atoms with Crippen molar-refractivity contribution in [2.24, 2.45) is 0 Å². The highest BCUT2D eigenvalue weighted by Crippen LogP contribution is 2.14. The van der Waals surface area contributed by atoms with E-state index in [0.717, 1.165) is 5.56 Å². The summed E-state index contributed by atoms with van der Waals surface area (Å²) in [5.74, 6) is -1.48. The molecule has 0 saturated heterocycles. The van der Waals surface area contributed by atoms with Gasteiger partial charge in [-0.25, -0.2) is 4.79 Å². The van der Waals surface area contributed by atoms with Gasteiger partial charge in [0.1, 0.15) is 6.42 Å². The predicted octanol–water partition coefficient (Wildman–Crippen LogP) is 2.96. The average molecular weight is 379 g/mol. The number of nitrogens with one attached hydrogen (secondary N) is 2. The third-order valence-electron chi connectivity index (χ3n) is 3.96. The summed E-state index contributed by atoms with van der Waals surface area (Å²) in [5, 5.41) is 13.8. The maximum Gasteiger partial charge on any atom is 0.338 e. The molecule has 0 bridgehead atoms. The number of hydrogen-bond acceptors (Lipinski definition) is 5. The van der Waals surface area contributed by atoms with Crippen molar-refractivity contribution in [3.63, 3.8) is 0 Å². The number of rotatable bonds is 7. The molecule has 7 heteroatoms. The van der Waals surface area contributed by atoms with Gasteiger partial charge >= 0.3 is 5.97 Å². The Morgan fingerprint density at radius 2 is 1.68 bits per heavy atom. The fraction of sp³-hybridized carbons (Fsp3) is 0.238. The molecule has 2 aromatic rings. The number of amides is 2. The van der Waals surface area contributed by atoms with E-state index in [0.29, 0.717) is 5.69 Å². The van der Waals surface area contributed by atoms with Crippen molar-refractivity contribution < 1.29 is 19.1 Å². The molecule has 7 nitrogen and oxygen atoms in total. The standard InChI is InChI=1S/C21H21N3O4/c1-14(16-6-4-3-5-7-16)23-20(26)15(2)28-21(27)17-8-10-18(11-9-17)24-19(25)12-13-22/h3-11,14-15H,12H2,1-2H3,(H,23,26)(H,24,25)/t14-,15+/m0/s1. The van der Waals surface area contributed by atoms with Crippen LogP contribution in [0.3, 0.4) is 0 Å². The maximum absolute atomic E-state index is 12.3. The molecule has 0 aliphatic rings. The van der Waals surface area contributed by atoms with Crippen LogP contribution in [0.25, 0.3) is 0 Å². The first-order chi connectivity index (χ1) is 13.4. The number of anilines is 1. The predicted molar refractivity (Wildman–Crippen MR) is 103 cm³/mol.